The summed E-state index contributed by atoms with van der Waals surface area (Å²) < 4.78 is 23.9. The maximum absolute atomic E-state index is 13.4. The van der Waals surface area contributed by atoms with E-state index in [-0.39, 0.29) is 23.6 Å². The molecule has 3 rings (SSSR count). The van der Waals surface area contributed by atoms with Crippen molar-refractivity contribution in [2.45, 2.75) is 13.0 Å². The van der Waals surface area contributed by atoms with Crippen LogP contribution >= 0.6 is 0 Å². The van der Waals surface area contributed by atoms with Gasteiger partial charge in [-0.3, -0.25) is 14.9 Å². The number of methoxy groups -OCH3 is 1. The van der Waals surface area contributed by atoms with E-state index in [1.165, 1.54) is 30.3 Å². The second-order valence-electron chi connectivity index (χ2n) is 6.60. The van der Waals surface area contributed by atoms with E-state index < -0.39 is 22.7 Å². The topological polar surface area (TPSA) is 90.7 Å². The van der Waals surface area contributed by atoms with Gasteiger partial charge in [-0.2, -0.15) is 0 Å². The highest BCUT2D eigenvalue weighted by molar-refractivity contribution is 5.95. The van der Waals surface area contributed by atoms with Crippen molar-refractivity contribution in [3.8, 4) is 11.5 Å². The summed E-state index contributed by atoms with van der Waals surface area (Å²) in [5.41, 5.74) is 1.20. The van der Waals surface area contributed by atoms with Gasteiger partial charge < -0.3 is 14.8 Å². The number of benzene rings is 3. The molecule has 1 amide bonds. The second-order valence-corrected chi connectivity index (χ2v) is 6.60. The minimum Gasteiger partial charge on any atom is -0.497 e. The zero-order valence-electron chi connectivity index (χ0n) is 17.0. The molecule has 8 heteroatoms. The zero-order chi connectivity index (χ0) is 22.4. The first-order valence-corrected chi connectivity index (χ1v) is 9.54. The second kappa shape index (κ2) is 9.71. The molecule has 0 bridgehead atoms. The third kappa shape index (κ3) is 5.16. The quantitative estimate of drug-likeness (QED) is 0.420. The van der Waals surface area contributed by atoms with Crippen LogP contribution in [-0.4, -0.2) is 24.5 Å². The molecule has 160 valence electrons. The highest BCUT2D eigenvalue weighted by Crippen LogP contribution is 2.29. The Morgan fingerprint density at radius 3 is 2.23 bits per heavy atom. The van der Waals surface area contributed by atoms with Crippen LogP contribution in [0, 0.1) is 15.9 Å². The number of hydrogen-bond donors (Lipinski definition) is 1. The number of rotatable bonds is 8. The normalized spacial score (nSPS) is 11.5. The number of carbonyl (C=O) groups excluding carboxylic acids is 1. The van der Waals surface area contributed by atoms with E-state index in [2.05, 4.69) is 5.32 Å². The molecule has 3 aromatic rings. The average Bonchev–Trinajstić information content (AvgIpc) is 2.78. The van der Waals surface area contributed by atoms with Gasteiger partial charge in [-0.25, -0.2) is 4.39 Å². The number of carbonyl (C=O) groups is 1. The van der Waals surface area contributed by atoms with Crippen LogP contribution in [0.5, 0.6) is 11.5 Å². The van der Waals surface area contributed by atoms with Crippen LogP contribution in [0.25, 0.3) is 0 Å². The molecule has 0 aromatic heterocycles. The van der Waals surface area contributed by atoms with Crippen LogP contribution in [-0.2, 0) is 0 Å². The molecule has 1 unspecified atom stereocenters. The molecule has 0 heterocycles. The van der Waals surface area contributed by atoms with Gasteiger partial charge in [0.25, 0.3) is 5.91 Å². The summed E-state index contributed by atoms with van der Waals surface area (Å²) in [6, 6.07) is 16.3. The molecule has 1 N–H and O–H groups in total. The Morgan fingerprint density at radius 1 is 1.06 bits per heavy atom. The molecule has 0 radical (unpaired) electrons. The lowest BCUT2D eigenvalue weighted by Crippen LogP contribution is -2.29. The van der Waals surface area contributed by atoms with Gasteiger partial charge in [0, 0.05) is 11.6 Å². The lowest BCUT2D eigenvalue weighted by atomic mass is 9.98. The van der Waals surface area contributed by atoms with Crippen molar-refractivity contribution < 1.29 is 23.6 Å². The predicted octanol–water partition coefficient (Wildman–Crippen LogP) is 4.66. The average molecular weight is 424 g/mol. The summed E-state index contributed by atoms with van der Waals surface area (Å²) >= 11 is 0. The fourth-order valence-electron chi connectivity index (χ4n) is 3.10. The van der Waals surface area contributed by atoms with E-state index in [9.17, 15) is 19.3 Å². The third-order valence-corrected chi connectivity index (χ3v) is 4.65. The van der Waals surface area contributed by atoms with Crippen LogP contribution in [0.4, 0.5) is 10.1 Å². The van der Waals surface area contributed by atoms with Crippen LogP contribution < -0.4 is 14.8 Å². The smallest absolute Gasteiger partial charge is 0.311 e. The first-order chi connectivity index (χ1) is 14.9. The van der Waals surface area contributed by atoms with Gasteiger partial charge in [-0.05, 0) is 54.4 Å². The number of ether oxygens (including phenoxy) is 2. The van der Waals surface area contributed by atoms with Gasteiger partial charge in [0.1, 0.15) is 11.6 Å². The summed E-state index contributed by atoms with van der Waals surface area (Å²) in [6.07, 6.45) is 0. The summed E-state index contributed by atoms with van der Waals surface area (Å²) in [7, 11) is 1.55. The van der Waals surface area contributed by atoms with Crippen LogP contribution in [0.3, 0.4) is 0 Å². The fraction of sp³-hybridized carbons (Fsp3) is 0.174. The van der Waals surface area contributed by atoms with Crippen LogP contribution in [0.1, 0.15) is 34.5 Å². The lowest BCUT2D eigenvalue weighted by molar-refractivity contribution is -0.385. The number of amides is 1. The summed E-state index contributed by atoms with van der Waals surface area (Å²) in [4.78, 5) is 23.7. The number of nitrogens with one attached hydrogen (secondary N) is 1. The van der Waals surface area contributed by atoms with Gasteiger partial charge in [0.15, 0.2) is 5.75 Å². The van der Waals surface area contributed by atoms with E-state index in [0.717, 1.165) is 5.56 Å². The Hall–Kier alpha value is -3.94. The van der Waals surface area contributed by atoms with Crippen molar-refractivity contribution >= 4 is 11.6 Å². The maximum atomic E-state index is 13.4. The van der Waals surface area contributed by atoms with Crippen molar-refractivity contribution in [2.24, 2.45) is 0 Å². The van der Waals surface area contributed by atoms with E-state index in [1.807, 2.05) is 0 Å². The molecular weight excluding hydrogens is 403 g/mol. The largest absolute Gasteiger partial charge is 0.497 e. The first-order valence-electron chi connectivity index (χ1n) is 9.54. The third-order valence-electron chi connectivity index (χ3n) is 4.65. The molecule has 0 fully saturated rings. The molecule has 0 aliphatic heterocycles. The monoisotopic (exact) mass is 424 g/mol. The molecule has 0 saturated heterocycles. The molecule has 7 nitrogen and oxygen atoms in total. The minimum atomic E-state index is -0.607. The Bertz CT molecular complexity index is 1070. The molecule has 1 atom stereocenters. The molecule has 0 saturated carbocycles. The number of nitro groups is 1. The molecular formula is C23H21FN2O5. The first kappa shape index (κ1) is 21.8. The van der Waals surface area contributed by atoms with Gasteiger partial charge in [-0.1, -0.05) is 24.3 Å². The Balaban J connectivity index is 1.95. The van der Waals surface area contributed by atoms with E-state index in [4.69, 9.17) is 9.47 Å². The van der Waals surface area contributed by atoms with Crippen molar-refractivity contribution in [3.63, 3.8) is 0 Å². The molecule has 31 heavy (non-hydrogen) atoms. The summed E-state index contributed by atoms with van der Waals surface area (Å²) in [5.74, 6) is -0.175. The number of nitrogens with zero attached hydrogens (tertiary/aromatic N) is 1. The Labute approximate surface area is 178 Å². The number of hydrogen-bond acceptors (Lipinski definition) is 5. The highest BCUT2D eigenvalue weighted by Gasteiger charge is 2.22. The predicted molar refractivity (Wildman–Crippen MR) is 113 cm³/mol. The van der Waals surface area contributed by atoms with Gasteiger partial charge in [-0.15, -0.1) is 0 Å². The van der Waals surface area contributed by atoms with Crippen LogP contribution in [0.2, 0.25) is 0 Å². The summed E-state index contributed by atoms with van der Waals surface area (Å²) in [6.45, 7) is 1.98. The minimum absolute atomic E-state index is 0.0919. The fourth-order valence-corrected chi connectivity index (χ4v) is 3.10. The summed E-state index contributed by atoms with van der Waals surface area (Å²) in [5, 5.41) is 14.3. The SMILES string of the molecule is CCOc1ccc(C(=O)NC(c2ccc(F)cc2)c2ccc(OC)cc2)cc1[N+](=O)[O-]. The Kier molecular flexibility index (Phi) is 6.81. The van der Waals surface area contributed by atoms with E-state index in [1.54, 1.807) is 50.4 Å². The van der Waals surface area contributed by atoms with E-state index in [0.29, 0.717) is 11.3 Å². The number of nitro benzene ring substituents is 1. The zero-order valence-corrected chi connectivity index (χ0v) is 17.0. The Morgan fingerprint density at radius 2 is 1.68 bits per heavy atom. The highest BCUT2D eigenvalue weighted by atomic mass is 19.1. The van der Waals surface area contributed by atoms with Gasteiger partial charge in [0.2, 0.25) is 0 Å². The number of halogens is 1. The molecule has 0 spiro atoms. The van der Waals surface area contributed by atoms with Crippen molar-refractivity contribution in [1.82, 2.24) is 5.32 Å². The standard InChI is InChI=1S/C23H21FN2O5/c1-3-31-21-13-8-17(14-20(21)26(28)29)23(27)25-22(15-4-9-18(24)10-5-15)16-6-11-19(30-2)12-7-16/h4-14,22H,3H2,1-2H3,(H,25,27). The van der Waals surface area contributed by atoms with Crippen molar-refractivity contribution in [1.29, 1.82) is 0 Å². The molecule has 0 aliphatic rings. The molecule has 3 aromatic carbocycles. The molecule has 0 aliphatic carbocycles. The van der Waals surface area contributed by atoms with E-state index >= 15 is 0 Å². The van der Waals surface area contributed by atoms with Crippen molar-refractivity contribution in [2.75, 3.05) is 13.7 Å². The lowest BCUT2D eigenvalue weighted by Gasteiger charge is -2.20. The van der Waals surface area contributed by atoms with Crippen LogP contribution in [0.15, 0.2) is 66.7 Å². The maximum Gasteiger partial charge on any atom is 0.311 e. The van der Waals surface area contributed by atoms with Gasteiger partial charge in [0.05, 0.1) is 24.7 Å². The van der Waals surface area contributed by atoms with Crippen molar-refractivity contribution in [3.05, 3.63) is 99.4 Å². The van der Waals surface area contributed by atoms with Gasteiger partial charge >= 0.3 is 5.69 Å².